The largest absolute Gasteiger partial charge is 0.573 e. The Morgan fingerprint density at radius 1 is 1.42 bits per heavy atom. The van der Waals surface area contributed by atoms with Gasteiger partial charge in [0, 0.05) is 12.6 Å². The molecule has 0 radical (unpaired) electrons. The van der Waals surface area contributed by atoms with Crippen molar-refractivity contribution >= 4 is 15.7 Å². The molecule has 0 heterocycles. The summed E-state index contributed by atoms with van der Waals surface area (Å²) in [6, 6.07) is 4.56. The fourth-order valence-electron chi connectivity index (χ4n) is 1.15. The van der Waals surface area contributed by atoms with Gasteiger partial charge in [-0.2, -0.15) is 0 Å². The summed E-state index contributed by atoms with van der Waals surface area (Å²) in [5.74, 6) is -0.506. The molecule has 0 aliphatic rings. The van der Waals surface area contributed by atoms with Gasteiger partial charge in [0.2, 0.25) is 10.0 Å². The highest BCUT2D eigenvalue weighted by molar-refractivity contribution is 7.93. The van der Waals surface area contributed by atoms with E-state index in [2.05, 4.69) is 9.46 Å². The molecule has 19 heavy (non-hydrogen) atoms. The number of benzene rings is 1. The molecule has 0 saturated heterocycles. The summed E-state index contributed by atoms with van der Waals surface area (Å²) in [6.07, 6.45) is -4.83. The van der Waals surface area contributed by atoms with E-state index >= 15 is 0 Å². The molecule has 1 unspecified atom stereocenters. The zero-order valence-corrected chi connectivity index (χ0v) is 10.8. The Kier molecular flexibility index (Phi) is 4.64. The van der Waals surface area contributed by atoms with Crippen LogP contribution in [0, 0.1) is 0 Å². The number of sulfonamides is 1. The molecular formula is C10H13F3N2O3S. The Morgan fingerprint density at radius 2 is 2.05 bits per heavy atom. The summed E-state index contributed by atoms with van der Waals surface area (Å²) in [5.41, 5.74) is 5.21. The molecule has 0 spiro atoms. The Hall–Kier alpha value is -1.48. The van der Waals surface area contributed by atoms with Gasteiger partial charge in [-0.05, 0) is 19.1 Å². The molecule has 108 valence electrons. The van der Waals surface area contributed by atoms with E-state index in [0.717, 1.165) is 12.1 Å². The Labute approximate surface area is 108 Å². The van der Waals surface area contributed by atoms with Gasteiger partial charge in [-0.15, -0.1) is 13.2 Å². The summed E-state index contributed by atoms with van der Waals surface area (Å²) in [5, 5.41) is -0.861. The molecule has 0 amide bonds. The number of ether oxygens (including phenoxy) is 1. The van der Waals surface area contributed by atoms with E-state index in [4.69, 9.17) is 5.73 Å². The minimum Gasteiger partial charge on any atom is -0.406 e. The fourth-order valence-corrected chi connectivity index (χ4v) is 2.06. The van der Waals surface area contributed by atoms with Crippen molar-refractivity contribution in [3.05, 3.63) is 24.3 Å². The second-order valence-electron chi connectivity index (χ2n) is 3.77. The van der Waals surface area contributed by atoms with E-state index in [1.165, 1.54) is 19.1 Å². The molecule has 1 atom stereocenters. The first-order chi connectivity index (χ1) is 8.64. The van der Waals surface area contributed by atoms with Gasteiger partial charge in [-0.25, -0.2) is 8.42 Å². The van der Waals surface area contributed by atoms with Crippen molar-refractivity contribution in [1.29, 1.82) is 0 Å². The van der Waals surface area contributed by atoms with Crippen LogP contribution in [0.1, 0.15) is 6.92 Å². The van der Waals surface area contributed by atoms with Crippen LogP contribution in [0.2, 0.25) is 0 Å². The highest BCUT2D eigenvalue weighted by Crippen LogP contribution is 2.25. The molecular weight excluding hydrogens is 285 g/mol. The first-order valence-electron chi connectivity index (χ1n) is 5.21. The van der Waals surface area contributed by atoms with Gasteiger partial charge in [0.05, 0.1) is 10.9 Å². The molecule has 0 bridgehead atoms. The van der Waals surface area contributed by atoms with Gasteiger partial charge in [0.15, 0.2) is 0 Å². The highest BCUT2D eigenvalue weighted by atomic mass is 32.2. The fraction of sp³-hybridized carbons (Fsp3) is 0.400. The quantitative estimate of drug-likeness (QED) is 0.866. The highest BCUT2D eigenvalue weighted by Gasteiger charge is 2.31. The maximum absolute atomic E-state index is 12.0. The lowest BCUT2D eigenvalue weighted by Crippen LogP contribution is -2.31. The molecule has 1 aromatic carbocycles. The monoisotopic (exact) mass is 298 g/mol. The smallest absolute Gasteiger partial charge is 0.406 e. The molecule has 0 fully saturated rings. The number of alkyl halides is 3. The number of halogens is 3. The van der Waals surface area contributed by atoms with E-state index < -0.39 is 27.4 Å². The van der Waals surface area contributed by atoms with E-state index in [-0.39, 0.29) is 12.2 Å². The molecule has 5 nitrogen and oxygen atoms in total. The summed E-state index contributed by atoms with van der Waals surface area (Å²) in [7, 11) is -3.74. The third-order valence-electron chi connectivity index (χ3n) is 2.19. The zero-order valence-electron chi connectivity index (χ0n) is 9.94. The molecule has 0 aliphatic heterocycles. The summed E-state index contributed by atoms with van der Waals surface area (Å²) < 4.78 is 65.2. The number of nitrogens with one attached hydrogen (secondary N) is 1. The zero-order chi connectivity index (χ0) is 14.7. The van der Waals surface area contributed by atoms with Crippen molar-refractivity contribution in [3.63, 3.8) is 0 Å². The Bertz CT molecular complexity index is 531. The normalized spacial score (nSPS) is 13.9. The number of hydrogen-bond acceptors (Lipinski definition) is 4. The topological polar surface area (TPSA) is 81.4 Å². The molecule has 0 saturated carbocycles. The average Bonchev–Trinajstić information content (AvgIpc) is 2.25. The third-order valence-corrected chi connectivity index (χ3v) is 3.96. The van der Waals surface area contributed by atoms with Crippen molar-refractivity contribution < 1.29 is 26.3 Å². The number of rotatable bonds is 5. The second kappa shape index (κ2) is 5.66. The third kappa shape index (κ3) is 4.95. The second-order valence-corrected chi connectivity index (χ2v) is 5.87. The van der Waals surface area contributed by atoms with E-state index in [9.17, 15) is 21.6 Å². The van der Waals surface area contributed by atoms with Gasteiger partial charge in [-0.1, -0.05) is 6.07 Å². The molecule has 1 aromatic rings. The Morgan fingerprint density at radius 3 is 2.58 bits per heavy atom. The average molecular weight is 298 g/mol. The van der Waals surface area contributed by atoms with Crippen molar-refractivity contribution in [2.45, 2.75) is 18.5 Å². The molecule has 3 N–H and O–H groups in total. The van der Waals surface area contributed by atoms with Gasteiger partial charge in [0.1, 0.15) is 5.75 Å². The van der Waals surface area contributed by atoms with Crippen LogP contribution in [0.5, 0.6) is 5.75 Å². The first kappa shape index (κ1) is 15.6. The van der Waals surface area contributed by atoms with Gasteiger partial charge in [0.25, 0.3) is 0 Å². The summed E-state index contributed by atoms with van der Waals surface area (Å²) >= 11 is 0. The molecule has 1 rings (SSSR count). The van der Waals surface area contributed by atoms with E-state index in [0.29, 0.717) is 0 Å². The van der Waals surface area contributed by atoms with Gasteiger partial charge >= 0.3 is 6.36 Å². The van der Waals surface area contributed by atoms with Crippen LogP contribution in [0.4, 0.5) is 18.9 Å². The maximum atomic E-state index is 12.0. The van der Waals surface area contributed by atoms with Crippen LogP contribution in [0.15, 0.2) is 24.3 Å². The lowest BCUT2D eigenvalue weighted by atomic mass is 10.3. The van der Waals surface area contributed by atoms with Crippen molar-refractivity contribution in [3.8, 4) is 5.75 Å². The SMILES string of the molecule is CC(CN)S(=O)(=O)Nc1cccc(OC(F)(F)F)c1. The minimum absolute atomic E-state index is 0.0259. The van der Waals surface area contributed by atoms with Crippen LogP contribution in [0.25, 0.3) is 0 Å². The Balaban J connectivity index is 2.89. The van der Waals surface area contributed by atoms with Gasteiger partial charge < -0.3 is 10.5 Å². The molecule has 0 aliphatic carbocycles. The lowest BCUT2D eigenvalue weighted by Gasteiger charge is -2.14. The number of hydrogen-bond donors (Lipinski definition) is 2. The maximum Gasteiger partial charge on any atom is 0.573 e. The standard InChI is InChI=1S/C10H13F3N2O3S/c1-7(6-14)19(16,17)15-8-3-2-4-9(5-8)18-10(11,12)13/h2-5,7,15H,6,14H2,1H3. The lowest BCUT2D eigenvalue weighted by molar-refractivity contribution is -0.274. The van der Waals surface area contributed by atoms with Crippen molar-refractivity contribution in [2.24, 2.45) is 5.73 Å². The van der Waals surface area contributed by atoms with Crippen LogP contribution >= 0.6 is 0 Å². The van der Waals surface area contributed by atoms with Crippen LogP contribution in [0.3, 0.4) is 0 Å². The first-order valence-corrected chi connectivity index (χ1v) is 6.76. The van der Waals surface area contributed by atoms with Crippen molar-refractivity contribution in [1.82, 2.24) is 0 Å². The van der Waals surface area contributed by atoms with Crippen molar-refractivity contribution in [2.75, 3.05) is 11.3 Å². The van der Waals surface area contributed by atoms with Crippen LogP contribution in [-0.2, 0) is 10.0 Å². The van der Waals surface area contributed by atoms with Crippen LogP contribution in [-0.4, -0.2) is 26.6 Å². The number of nitrogens with two attached hydrogens (primary N) is 1. The van der Waals surface area contributed by atoms with Crippen LogP contribution < -0.4 is 15.2 Å². The van der Waals surface area contributed by atoms with E-state index in [1.807, 2.05) is 0 Å². The molecule has 0 aromatic heterocycles. The number of anilines is 1. The summed E-state index contributed by atoms with van der Waals surface area (Å²) in [4.78, 5) is 0. The summed E-state index contributed by atoms with van der Waals surface area (Å²) in [6.45, 7) is 1.28. The predicted molar refractivity (Wildman–Crippen MR) is 64.2 cm³/mol. The van der Waals surface area contributed by atoms with Gasteiger partial charge in [-0.3, -0.25) is 4.72 Å². The van der Waals surface area contributed by atoms with E-state index in [1.54, 1.807) is 0 Å². The minimum atomic E-state index is -4.83. The predicted octanol–water partition coefficient (Wildman–Crippen LogP) is 1.67. The molecule has 9 heteroatoms.